The summed E-state index contributed by atoms with van der Waals surface area (Å²) in [5.41, 5.74) is 8.80. The van der Waals surface area contributed by atoms with E-state index >= 15 is 0 Å². The van der Waals surface area contributed by atoms with E-state index in [1.54, 1.807) is 6.08 Å². The van der Waals surface area contributed by atoms with Crippen LogP contribution in [0.2, 0.25) is 0 Å². The summed E-state index contributed by atoms with van der Waals surface area (Å²) in [7, 11) is 8.09. The number of allylic oxidation sites excluding steroid dienone is 2. The van der Waals surface area contributed by atoms with Crippen molar-refractivity contribution in [2.24, 2.45) is 20.5 Å². The number of nitrogens with one attached hydrogen (secondary N) is 1. The fourth-order valence-corrected chi connectivity index (χ4v) is 7.56. The Labute approximate surface area is 310 Å². The van der Waals surface area contributed by atoms with Crippen LogP contribution in [0.5, 0.6) is 0 Å². The summed E-state index contributed by atoms with van der Waals surface area (Å²) in [6.45, 7) is 11.7. The van der Waals surface area contributed by atoms with Crippen LogP contribution in [0.25, 0.3) is 16.6 Å². The van der Waals surface area contributed by atoms with Gasteiger partial charge in [0.1, 0.15) is 12.2 Å². The molecule has 0 atom stereocenters. The van der Waals surface area contributed by atoms with E-state index in [1.165, 1.54) is 5.69 Å². The average Bonchev–Trinajstić information content (AvgIpc) is 3.17. The maximum Gasteiger partial charge on any atom is 0.214 e. The zero-order chi connectivity index (χ0) is 35.8. The first-order valence-corrected chi connectivity index (χ1v) is 19.8. The van der Waals surface area contributed by atoms with E-state index in [9.17, 15) is 0 Å². The van der Waals surface area contributed by atoms with Gasteiger partial charge in [0.05, 0.1) is 22.5 Å². The SMILES string of the molecule is C=C/C=C(/N=Nc1ccc(N(C)CCSSCCN(C)c2ccc(N=Nc3cc[n+](CC)c4ccccc34)cc2)cc1)c1ccccc1NCC. The fraction of sp³-hybridized carbons (Fsp3) is 0.244. The van der Waals surface area contributed by atoms with E-state index in [2.05, 4.69) is 129 Å². The number of aryl methyl sites for hydroxylation is 1. The van der Waals surface area contributed by atoms with Crippen molar-refractivity contribution in [3.8, 4) is 0 Å². The topological polar surface area (TPSA) is 71.8 Å². The third-order valence-electron chi connectivity index (χ3n) is 8.32. The molecule has 0 saturated carbocycles. The molecule has 262 valence electrons. The lowest BCUT2D eigenvalue weighted by Gasteiger charge is -2.20. The number of rotatable bonds is 18. The molecule has 0 amide bonds. The standard InChI is InChI=1S/C41H47N8S2/c1-6-13-39(36-14-9-11-16-38(36)42-7-2)45-43-32-18-22-34(23-19-32)47(4)28-30-50-51-31-29-48(5)35-24-20-33(21-25-35)44-46-40-26-27-49(8-3)41-17-12-10-15-37(40)41/h6,9-27,42H,1,7-8,28-31H2,2-5H3/q+1/b39-13+,45-43?. The van der Waals surface area contributed by atoms with E-state index < -0.39 is 0 Å². The van der Waals surface area contributed by atoms with Crippen molar-refractivity contribution in [3.05, 3.63) is 134 Å². The predicted molar refractivity (Wildman–Crippen MR) is 222 cm³/mol. The maximum atomic E-state index is 4.58. The van der Waals surface area contributed by atoms with Gasteiger partial charge in [-0.05, 0) is 80.6 Å². The molecule has 0 radical (unpaired) electrons. The van der Waals surface area contributed by atoms with Crippen molar-refractivity contribution < 1.29 is 4.57 Å². The minimum atomic E-state index is 0.766. The first-order valence-electron chi connectivity index (χ1n) is 17.3. The summed E-state index contributed by atoms with van der Waals surface area (Å²) in [6, 6.07) is 35.0. The van der Waals surface area contributed by atoms with Gasteiger partial charge >= 0.3 is 0 Å². The molecule has 0 spiro atoms. The van der Waals surface area contributed by atoms with Crippen molar-refractivity contribution in [1.29, 1.82) is 0 Å². The summed E-state index contributed by atoms with van der Waals surface area (Å²) in [5.74, 6) is 2.06. The molecule has 0 bridgehead atoms. The van der Waals surface area contributed by atoms with E-state index in [1.807, 2.05) is 82.3 Å². The zero-order valence-electron chi connectivity index (χ0n) is 29.9. The lowest BCUT2D eigenvalue weighted by molar-refractivity contribution is -0.667. The molecule has 0 fully saturated rings. The molecule has 4 aromatic carbocycles. The Bertz CT molecular complexity index is 1960. The first-order chi connectivity index (χ1) is 25.0. The van der Waals surface area contributed by atoms with Crippen LogP contribution >= 0.6 is 21.6 Å². The summed E-state index contributed by atoms with van der Waals surface area (Å²) in [6.07, 6.45) is 5.70. The van der Waals surface area contributed by atoms with Crippen molar-refractivity contribution in [2.45, 2.75) is 20.4 Å². The summed E-state index contributed by atoms with van der Waals surface area (Å²) in [5, 5.41) is 22.7. The van der Waals surface area contributed by atoms with Crippen molar-refractivity contribution in [2.75, 3.05) is 60.4 Å². The van der Waals surface area contributed by atoms with Crippen LogP contribution in [-0.4, -0.2) is 45.2 Å². The second kappa shape index (κ2) is 19.5. The highest BCUT2D eigenvalue weighted by atomic mass is 33.1. The molecule has 5 rings (SSSR count). The summed E-state index contributed by atoms with van der Waals surface area (Å²) < 4.78 is 2.22. The highest BCUT2D eigenvalue weighted by Crippen LogP contribution is 2.29. The Hall–Kier alpha value is -4.93. The van der Waals surface area contributed by atoms with Gasteiger partial charge in [0.2, 0.25) is 5.52 Å². The quantitative estimate of drug-likeness (QED) is 0.0321. The van der Waals surface area contributed by atoms with E-state index in [4.69, 9.17) is 0 Å². The minimum Gasteiger partial charge on any atom is -0.385 e. The fourth-order valence-electron chi connectivity index (χ4n) is 5.47. The van der Waals surface area contributed by atoms with Crippen molar-refractivity contribution >= 4 is 72.3 Å². The summed E-state index contributed by atoms with van der Waals surface area (Å²) >= 11 is 0. The molecule has 0 aliphatic rings. The number of fused-ring (bicyclic) bond motifs is 1. The zero-order valence-corrected chi connectivity index (χ0v) is 31.6. The van der Waals surface area contributed by atoms with Gasteiger partial charge in [-0.2, -0.15) is 14.8 Å². The molecule has 1 heterocycles. The number of azo groups is 2. The van der Waals surface area contributed by atoms with Gasteiger partial charge in [-0.1, -0.05) is 64.6 Å². The number of benzene rings is 4. The Morgan fingerprint density at radius 2 is 1.35 bits per heavy atom. The number of hydrogen-bond acceptors (Lipinski definition) is 9. The Morgan fingerprint density at radius 1 is 0.745 bits per heavy atom. The molecule has 10 heteroatoms. The molecular formula is C41H47N8S2+. The number of anilines is 3. The molecule has 1 aromatic heterocycles. The number of aromatic nitrogens is 1. The normalized spacial score (nSPS) is 11.8. The summed E-state index contributed by atoms with van der Waals surface area (Å²) in [4.78, 5) is 4.56. The molecule has 0 saturated heterocycles. The van der Waals surface area contributed by atoms with Crippen LogP contribution in [0.3, 0.4) is 0 Å². The van der Waals surface area contributed by atoms with Crippen molar-refractivity contribution in [1.82, 2.24) is 0 Å². The molecule has 0 aliphatic carbocycles. The van der Waals surface area contributed by atoms with Crippen LogP contribution in [0.4, 0.5) is 34.1 Å². The Balaban J connectivity index is 1.03. The van der Waals surface area contributed by atoms with Gasteiger partial charge in [0.15, 0.2) is 6.20 Å². The lowest BCUT2D eigenvalue weighted by atomic mass is 10.1. The van der Waals surface area contributed by atoms with Crippen LogP contribution < -0.4 is 19.7 Å². The van der Waals surface area contributed by atoms with Crippen molar-refractivity contribution in [3.63, 3.8) is 0 Å². The molecule has 5 aromatic rings. The van der Waals surface area contributed by atoms with Gasteiger partial charge in [-0.15, -0.1) is 10.2 Å². The van der Waals surface area contributed by atoms with E-state index in [-0.39, 0.29) is 0 Å². The van der Waals surface area contributed by atoms with E-state index in [0.29, 0.717) is 0 Å². The van der Waals surface area contributed by atoms with Gasteiger partial charge in [0.25, 0.3) is 0 Å². The largest absolute Gasteiger partial charge is 0.385 e. The van der Waals surface area contributed by atoms with Gasteiger partial charge < -0.3 is 15.1 Å². The molecule has 0 unspecified atom stereocenters. The smallest absolute Gasteiger partial charge is 0.214 e. The second-order valence-corrected chi connectivity index (χ2v) is 14.5. The van der Waals surface area contributed by atoms with E-state index in [0.717, 1.165) is 88.3 Å². The van der Waals surface area contributed by atoms with Gasteiger partial charge in [0, 0.05) is 80.0 Å². The Kier molecular flexibility index (Phi) is 14.2. The number of para-hydroxylation sites is 2. The highest BCUT2D eigenvalue weighted by Gasteiger charge is 2.11. The molecular weight excluding hydrogens is 669 g/mol. The lowest BCUT2D eigenvalue weighted by Crippen LogP contribution is -2.32. The molecule has 51 heavy (non-hydrogen) atoms. The number of nitrogens with zero attached hydrogens (tertiary/aromatic N) is 7. The highest BCUT2D eigenvalue weighted by molar-refractivity contribution is 8.76. The van der Waals surface area contributed by atoms with Gasteiger partial charge in [-0.25, -0.2) is 0 Å². The van der Waals surface area contributed by atoms with Crippen LogP contribution in [0.1, 0.15) is 19.4 Å². The third-order valence-corrected chi connectivity index (χ3v) is 10.7. The predicted octanol–water partition coefficient (Wildman–Crippen LogP) is 11.3. The third kappa shape index (κ3) is 10.5. The number of hydrogen-bond donors (Lipinski definition) is 1. The monoisotopic (exact) mass is 715 g/mol. The molecule has 0 aliphatic heterocycles. The second-order valence-electron chi connectivity index (χ2n) is 11.8. The average molecular weight is 716 g/mol. The minimum absolute atomic E-state index is 0.766. The maximum absolute atomic E-state index is 4.58. The molecule has 8 nitrogen and oxygen atoms in total. The number of pyridine rings is 1. The molecule has 1 N–H and O–H groups in total. The van der Waals surface area contributed by atoms with Crippen LogP contribution in [0, 0.1) is 0 Å². The van der Waals surface area contributed by atoms with Gasteiger partial charge in [-0.3, -0.25) is 0 Å². The van der Waals surface area contributed by atoms with Crippen LogP contribution in [-0.2, 0) is 6.54 Å². The Morgan fingerprint density at radius 3 is 1.98 bits per heavy atom. The first kappa shape index (κ1) is 37.3. The van der Waals surface area contributed by atoms with Crippen LogP contribution in [0.15, 0.2) is 149 Å².